The summed E-state index contributed by atoms with van der Waals surface area (Å²) in [6.45, 7) is 1.39. The van der Waals surface area contributed by atoms with Crippen molar-refractivity contribution in [2.24, 2.45) is 0 Å². The fourth-order valence-electron chi connectivity index (χ4n) is 4.13. The maximum Gasteiger partial charge on any atom is 0.289 e. The molecule has 35 heavy (non-hydrogen) atoms. The van der Waals surface area contributed by atoms with Gasteiger partial charge in [0.15, 0.2) is 0 Å². The molecule has 1 atom stereocenters. The molecule has 3 aromatic rings. The number of amides is 1. The number of ether oxygens (including phenoxy) is 1. The minimum Gasteiger partial charge on any atom is -0.497 e. The van der Waals surface area contributed by atoms with E-state index in [0.29, 0.717) is 12.2 Å². The van der Waals surface area contributed by atoms with E-state index in [2.05, 4.69) is 0 Å². The number of sulfonamides is 1. The number of methoxy groups -OCH3 is 1. The monoisotopic (exact) mass is 515 g/mol. The average Bonchev–Trinajstić information content (AvgIpc) is 3.18. The summed E-state index contributed by atoms with van der Waals surface area (Å²) in [6, 6.07) is 16.7. The van der Waals surface area contributed by atoms with Crippen molar-refractivity contribution in [2.45, 2.75) is 24.3 Å². The Bertz CT molecular complexity index is 1390. The second kappa shape index (κ2) is 9.55. The third-order valence-corrected chi connectivity index (χ3v) is 7.91. The van der Waals surface area contributed by atoms with Crippen molar-refractivity contribution < 1.29 is 22.9 Å². The molecule has 0 spiro atoms. The summed E-state index contributed by atoms with van der Waals surface area (Å²) in [5.41, 5.74) is 1.40. The summed E-state index contributed by atoms with van der Waals surface area (Å²) in [7, 11) is -2.91. The number of nitro groups is 1. The van der Waals surface area contributed by atoms with Crippen LogP contribution in [0.2, 0.25) is 5.02 Å². The Morgan fingerprint density at radius 1 is 1.17 bits per heavy atom. The van der Waals surface area contributed by atoms with Gasteiger partial charge < -0.3 is 9.64 Å². The fraction of sp³-hybridized carbons (Fsp3) is 0.208. The first kappa shape index (κ1) is 24.5. The Balaban J connectivity index is 1.77. The van der Waals surface area contributed by atoms with Gasteiger partial charge in [-0.25, -0.2) is 8.42 Å². The lowest BCUT2D eigenvalue weighted by Crippen LogP contribution is -2.45. The zero-order chi connectivity index (χ0) is 25.3. The van der Waals surface area contributed by atoms with E-state index in [0.717, 1.165) is 27.7 Å². The number of hydrogen-bond acceptors (Lipinski definition) is 6. The van der Waals surface area contributed by atoms with Crippen LogP contribution in [-0.2, 0) is 21.2 Å². The summed E-state index contributed by atoms with van der Waals surface area (Å²) in [4.78, 5) is 25.3. The Kier molecular flexibility index (Phi) is 6.68. The maximum atomic E-state index is 13.7. The average molecular weight is 516 g/mol. The lowest BCUT2D eigenvalue weighted by molar-refractivity contribution is -0.384. The van der Waals surface area contributed by atoms with Crippen molar-refractivity contribution in [3.05, 3.63) is 87.4 Å². The van der Waals surface area contributed by atoms with Crippen LogP contribution in [0.4, 0.5) is 17.1 Å². The van der Waals surface area contributed by atoms with E-state index in [4.69, 9.17) is 16.3 Å². The van der Waals surface area contributed by atoms with Crippen LogP contribution in [0.15, 0.2) is 71.6 Å². The molecule has 0 saturated carbocycles. The van der Waals surface area contributed by atoms with Gasteiger partial charge in [-0.15, -0.1) is 0 Å². The van der Waals surface area contributed by atoms with Gasteiger partial charge >= 0.3 is 0 Å². The SMILES string of the molecule is COc1ccc(N(CC(=O)N2c3ccccc3C[C@@H]2C)S(=O)(=O)c2ccc(Cl)c([N+](=O)[O-])c2)cc1. The van der Waals surface area contributed by atoms with Gasteiger partial charge in [-0.2, -0.15) is 0 Å². The van der Waals surface area contributed by atoms with E-state index in [9.17, 15) is 23.3 Å². The number of para-hydroxylation sites is 1. The van der Waals surface area contributed by atoms with E-state index in [1.165, 1.54) is 25.3 Å². The number of carbonyl (C=O) groups is 1. The highest BCUT2D eigenvalue weighted by molar-refractivity contribution is 7.92. The number of nitro benzene ring substituents is 1. The molecule has 1 amide bonds. The first-order valence-corrected chi connectivity index (χ1v) is 12.5. The molecular weight excluding hydrogens is 494 g/mol. The summed E-state index contributed by atoms with van der Waals surface area (Å²) >= 11 is 5.88. The van der Waals surface area contributed by atoms with Crippen molar-refractivity contribution in [2.75, 3.05) is 22.9 Å². The van der Waals surface area contributed by atoms with Crippen LogP contribution in [0.5, 0.6) is 5.75 Å². The topological polar surface area (TPSA) is 110 Å². The summed E-state index contributed by atoms with van der Waals surface area (Å²) in [5.74, 6) is 0.0759. The predicted octanol–water partition coefficient (Wildman–Crippen LogP) is 4.43. The largest absolute Gasteiger partial charge is 0.497 e. The number of hydrogen-bond donors (Lipinski definition) is 0. The highest BCUT2D eigenvalue weighted by atomic mass is 35.5. The van der Waals surface area contributed by atoms with Crippen molar-refractivity contribution >= 4 is 44.6 Å². The lowest BCUT2D eigenvalue weighted by atomic mass is 10.1. The predicted molar refractivity (Wildman–Crippen MR) is 133 cm³/mol. The van der Waals surface area contributed by atoms with Crippen LogP contribution in [0, 0.1) is 10.1 Å². The van der Waals surface area contributed by atoms with Gasteiger partial charge in [0.1, 0.15) is 17.3 Å². The molecule has 0 N–H and O–H groups in total. The second-order valence-corrected chi connectivity index (χ2v) is 10.3. The summed E-state index contributed by atoms with van der Waals surface area (Å²) in [5, 5.41) is 11.2. The number of anilines is 2. The Morgan fingerprint density at radius 2 is 1.86 bits per heavy atom. The van der Waals surface area contributed by atoms with E-state index in [1.54, 1.807) is 17.0 Å². The van der Waals surface area contributed by atoms with Gasteiger partial charge in [0.05, 0.1) is 22.6 Å². The molecule has 1 heterocycles. The molecule has 9 nitrogen and oxygen atoms in total. The van der Waals surface area contributed by atoms with Crippen molar-refractivity contribution in [3.8, 4) is 5.75 Å². The first-order chi connectivity index (χ1) is 16.6. The van der Waals surface area contributed by atoms with Crippen LogP contribution >= 0.6 is 11.6 Å². The van der Waals surface area contributed by atoms with Crippen LogP contribution < -0.4 is 13.9 Å². The van der Waals surface area contributed by atoms with Crippen LogP contribution in [0.25, 0.3) is 0 Å². The van der Waals surface area contributed by atoms with E-state index in [-0.39, 0.29) is 21.6 Å². The third kappa shape index (κ3) is 4.67. The normalized spacial score (nSPS) is 14.9. The quantitative estimate of drug-likeness (QED) is 0.340. The summed E-state index contributed by atoms with van der Waals surface area (Å²) < 4.78 is 33.5. The number of benzene rings is 3. The van der Waals surface area contributed by atoms with Gasteiger partial charge in [0.2, 0.25) is 5.91 Å². The van der Waals surface area contributed by atoms with E-state index in [1.807, 2.05) is 31.2 Å². The van der Waals surface area contributed by atoms with Gasteiger partial charge in [-0.05, 0) is 61.4 Å². The molecule has 3 aromatic carbocycles. The molecule has 1 aliphatic heterocycles. The first-order valence-electron chi connectivity index (χ1n) is 10.6. The molecule has 0 bridgehead atoms. The van der Waals surface area contributed by atoms with Crippen molar-refractivity contribution in [1.29, 1.82) is 0 Å². The standard InChI is InChI=1S/C24H22ClN3O6S/c1-16-13-17-5-3-4-6-22(17)27(16)24(29)15-26(18-7-9-19(34-2)10-8-18)35(32,33)20-11-12-21(25)23(14-20)28(30)31/h3-12,14,16H,13,15H2,1-2H3/t16-/m0/s1. The van der Waals surface area contributed by atoms with Crippen molar-refractivity contribution in [3.63, 3.8) is 0 Å². The Morgan fingerprint density at radius 3 is 2.51 bits per heavy atom. The number of carbonyl (C=O) groups excluding carboxylic acids is 1. The molecule has 0 fully saturated rings. The minimum atomic E-state index is -4.38. The molecule has 0 aliphatic carbocycles. The molecule has 0 saturated heterocycles. The molecule has 182 valence electrons. The Hall–Kier alpha value is -3.63. The van der Waals surface area contributed by atoms with Gasteiger partial charge in [-0.1, -0.05) is 29.8 Å². The zero-order valence-corrected chi connectivity index (χ0v) is 20.5. The highest BCUT2D eigenvalue weighted by Gasteiger charge is 2.35. The second-order valence-electron chi connectivity index (χ2n) is 8.03. The number of halogens is 1. The smallest absolute Gasteiger partial charge is 0.289 e. The molecule has 0 aromatic heterocycles. The number of fused-ring (bicyclic) bond motifs is 1. The van der Waals surface area contributed by atoms with Crippen LogP contribution in [-0.4, -0.2) is 38.9 Å². The molecule has 0 radical (unpaired) electrons. The molecule has 4 rings (SSSR count). The van der Waals surface area contributed by atoms with Crippen molar-refractivity contribution in [1.82, 2.24) is 0 Å². The molecule has 11 heteroatoms. The van der Waals surface area contributed by atoms with Gasteiger partial charge in [0, 0.05) is 17.8 Å². The molecular formula is C24H22ClN3O6S. The van der Waals surface area contributed by atoms with Gasteiger partial charge in [-0.3, -0.25) is 19.2 Å². The molecule has 1 aliphatic rings. The van der Waals surface area contributed by atoms with Crippen LogP contribution in [0.3, 0.4) is 0 Å². The zero-order valence-electron chi connectivity index (χ0n) is 18.9. The minimum absolute atomic E-state index is 0.156. The lowest BCUT2D eigenvalue weighted by Gasteiger charge is -2.29. The van der Waals surface area contributed by atoms with E-state index < -0.39 is 33.1 Å². The number of rotatable bonds is 7. The highest BCUT2D eigenvalue weighted by Crippen LogP contribution is 2.34. The fourth-order valence-corrected chi connectivity index (χ4v) is 5.75. The third-order valence-electron chi connectivity index (χ3n) is 5.82. The maximum absolute atomic E-state index is 13.7. The number of nitrogens with zero attached hydrogens (tertiary/aromatic N) is 3. The van der Waals surface area contributed by atoms with E-state index >= 15 is 0 Å². The molecule has 0 unspecified atom stereocenters. The Labute approximate surface area is 207 Å². The summed E-state index contributed by atoms with van der Waals surface area (Å²) in [6.07, 6.45) is 0.653. The van der Waals surface area contributed by atoms with Crippen LogP contribution in [0.1, 0.15) is 12.5 Å². The van der Waals surface area contributed by atoms with Gasteiger partial charge in [0.25, 0.3) is 15.7 Å².